The zero-order valence-corrected chi connectivity index (χ0v) is 11.4. The van der Waals surface area contributed by atoms with Crippen molar-refractivity contribution in [2.45, 2.75) is 44.6 Å². The van der Waals surface area contributed by atoms with Crippen molar-refractivity contribution in [1.29, 1.82) is 0 Å². The van der Waals surface area contributed by atoms with Crippen LogP contribution < -0.4 is 11.1 Å². The molecule has 3 nitrogen and oxygen atoms in total. The second-order valence-corrected chi connectivity index (χ2v) is 5.46. The van der Waals surface area contributed by atoms with E-state index in [2.05, 4.69) is 5.32 Å². The van der Waals surface area contributed by atoms with Gasteiger partial charge in [-0.15, -0.1) is 0 Å². The molecule has 0 saturated heterocycles. The molecule has 0 heterocycles. The standard InChI is InChI=1S/C15H20F2N2O/c16-11-6-7-14(12(17)9-11)19-15(20)13(18)8-10-4-2-1-3-5-10/h6-7,9-10,13H,1-5,8,18H2,(H,19,20). The third-order valence-corrected chi connectivity index (χ3v) is 3.84. The molecule has 1 aromatic carbocycles. The molecule has 2 rings (SSSR count). The van der Waals surface area contributed by atoms with E-state index < -0.39 is 23.6 Å². The lowest BCUT2D eigenvalue weighted by molar-refractivity contribution is -0.117. The summed E-state index contributed by atoms with van der Waals surface area (Å²) in [6.45, 7) is 0. The van der Waals surface area contributed by atoms with Crippen LogP contribution in [0.3, 0.4) is 0 Å². The predicted molar refractivity (Wildman–Crippen MR) is 74.2 cm³/mol. The number of hydrogen-bond acceptors (Lipinski definition) is 2. The van der Waals surface area contributed by atoms with Gasteiger partial charge in [0.05, 0.1) is 11.7 Å². The maximum absolute atomic E-state index is 13.4. The summed E-state index contributed by atoms with van der Waals surface area (Å²) in [5.74, 6) is -1.40. The molecular formula is C15H20F2N2O. The quantitative estimate of drug-likeness (QED) is 0.891. The van der Waals surface area contributed by atoms with Gasteiger partial charge < -0.3 is 11.1 Å². The van der Waals surface area contributed by atoms with Gasteiger partial charge in [-0.05, 0) is 24.5 Å². The second-order valence-electron chi connectivity index (χ2n) is 5.46. The van der Waals surface area contributed by atoms with Crippen molar-refractivity contribution < 1.29 is 13.6 Å². The Morgan fingerprint density at radius 3 is 2.65 bits per heavy atom. The minimum atomic E-state index is -0.789. The van der Waals surface area contributed by atoms with Gasteiger partial charge in [0.25, 0.3) is 0 Å². The summed E-state index contributed by atoms with van der Waals surface area (Å²) in [6.07, 6.45) is 6.45. The van der Waals surface area contributed by atoms with E-state index in [0.717, 1.165) is 25.0 Å². The van der Waals surface area contributed by atoms with E-state index in [1.807, 2.05) is 0 Å². The van der Waals surface area contributed by atoms with Crippen molar-refractivity contribution in [2.24, 2.45) is 11.7 Å². The fourth-order valence-corrected chi connectivity index (χ4v) is 2.71. The van der Waals surface area contributed by atoms with Crippen LogP contribution in [0.5, 0.6) is 0 Å². The van der Waals surface area contributed by atoms with Crippen LogP contribution in [0.25, 0.3) is 0 Å². The first kappa shape index (κ1) is 14.9. The number of carbonyl (C=O) groups excluding carboxylic acids is 1. The molecule has 1 atom stereocenters. The zero-order chi connectivity index (χ0) is 14.5. The second kappa shape index (κ2) is 6.79. The lowest BCUT2D eigenvalue weighted by Gasteiger charge is -2.24. The van der Waals surface area contributed by atoms with Gasteiger partial charge in [-0.2, -0.15) is 0 Å². The SMILES string of the molecule is NC(CC1CCCCC1)C(=O)Nc1ccc(F)cc1F. The van der Waals surface area contributed by atoms with E-state index in [-0.39, 0.29) is 5.69 Å². The third-order valence-electron chi connectivity index (χ3n) is 3.84. The van der Waals surface area contributed by atoms with Crippen LogP contribution in [0.2, 0.25) is 0 Å². The van der Waals surface area contributed by atoms with E-state index in [0.29, 0.717) is 12.3 Å². The van der Waals surface area contributed by atoms with Crippen molar-refractivity contribution >= 4 is 11.6 Å². The molecular weight excluding hydrogens is 262 g/mol. The molecule has 1 unspecified atom stereocenters. The van der Waals surface area contributed by atoms with Crippen LogP contribution in [-0.4, -0.2) is 11.9 Å². The topological polar surface area (TPSA) is 55.1 Å². The normalized spacial score (nSPS) is 17.8. The Labute approximate surface area is 117 Å². The van der Waals surface area contributed by atoms with E-state index in [1.165, 1.54) is 25.3 Å². The molecule has 0 bridgehead atoms. The highest BCUT2D eigenvalue weighted by Gasteiger charge is 2.22. The highest BCUT2D eigenvalue weighted by Crippen LogP contribution is 2.27. The summed E-state index contributed by atoms with van der Waals surface area (Å²) in [4.78, 5) is 11.9. The highest BCUT2D eigenvalue weighted by molar-refractivity contribution is 5.94. The number of anilines is 1. The van der Waals surface area contributed by atoms with Gasteiger partial charge in [-0.1, -0.05) is 32.1 Å². The molecule has 0 radical (unpaired) electrons. The van der Waals surface area contributed by atoms with Gasteiger partial charge in [0, 0.05) is 6.07 Å². The minimum absolute atomic E-state index is 0.0319. The molecule has 1 fully saturated rings. The number of benzene rings is 1. The van der Waals surface area contributed by atoms with Gasteiger partial charge in [0.15, 0.2) is 0 Å². The Morgan fingerprint density at radius 1 is 1.30 bits per heavy atom. The van der Waals surface area contributed by atoms with Crippen LogP contribution >= 0.6 is 0 Å². The van der Waals surface area contributed by atoms with E-state index in [1.54, 1.807) is 0 Å². The molecule has 1 amide bonds. The molecule has 110 valence electrons. The monoisotopic (exact) mass is 282 g/mol. The summed E-state index contributed by atoms with van der Waals surface area (Å²) in [5.41, 5.74) is 5.84. The van der Waals surface area contributed by atoms with E-state index in [4.69, 9.17) is 5.73 Å². The van der Waals surface area contributed by atoms with Crippen molar-refractivity contribution in [2.75, 3.05) is 5.32 Å². The van der Waals surface area contributed by atoms with Crippen LogP contribution in [0.1, 0.15) is 38.5 Å². The molecule has 1 aromatic rings. The maximum Gasteiger partial charge on any atom is 0.241 e. The summed E-state index contributed by atoms with van der Waals surface area (Å²) < 4.78 is 26.2. The zero-order valence-electron chi connectivity index (χ0n) is 11.4. The molecule has 1 aliphatic rings. The Balaban J connectivity index is 1.89. The largest absolute Gasteiger partial charge is 0.322 e. The first-order valence-electron chi connectivity index (χ1n) is 7.08. The van der Waals surface area contributed by atoms with Crippen LogP contribution in [0.4, 0.5) is 14.5 Å². The summed E-state index contributed by atoms with van der Waals surface area (Å²) >= 11 is 0. The lowest BCUT2D eigenvalue weighted by atomic mass is 9.85. The Morgan fingerprint density at radius 2 is 2.00 bits per heavy atom. The average molecular weight is 282 g/mol. The molecule has 3 N–H and O–H groups in total. The fourth-order valence-electron chi connectivity index (χ4n) is 2.71. The van der Waals surface area contributed by atoms with Crippen molar-refractivity contribution in [3.63, 3.8) is 0 Å². The fraction of sp³-hybridized carbons (Fsp3) is 0.533. The molecule has 0 aliphatic heterocycles. The van der Waals surface area contributed by atoms with E-state index >= 15 is 0 Å². The van der Waals surface area contributed by atoms with Crippen molar-refractivity contribution in [3.05, 3.63) is 29.8 Å². The Kier molecular flexibility index (Phi) is 5.06. The summed E-state index contributed by atoms with van der Waals surface area (Å²) in [6, 6.07) is 2.39. The Hall–Kier alpha value is -1.49. The molecule has 20 heavy (non-hydrogen) atoms. The van der Waals surface area contributed by atoms with Gasteiger partial charge in [0.2, 0.25) is 5.91 Å². The lowest BCUT2D eigenvalue weighted by Crippen LogP contribution is -2.37. The number of hydrogen-bond donors (Lipinski definition) is 2. The van der Waals surface area contributed by atoms with Crippen LogP contribution in [-0.2, 0) is 4.79 Å². The number of halogens is 2. The average Bonchev–Trinajstić information content (AvgIpc) is 2.43. The first-order valence-corrected chi connectivity index (χ1v) is 7.08. The Bertz CT molecular complexity index is 473. The number of amides is 1. The van der Waals surface area contributed by atoms with Gasteiger partial charge in [-0.3, -0.25) is 4.79 Å². The summed E-state index contributed by atoms with van der Waals surface area (Å²) in [7, 11) is 0. The number of nitrogens with one attached hydrogen (secondary N) is 1. The van der Waals surface area contributed by atoms with Crippen molar-refractivity contribution in [1.82, 2.24) is 0 Å². The molecule has 1 aliphatic carbocycles. The smallest absolute Gasteiger partial charge is 0.241 e. The maximum atomic E-state index is 13.4. The predicted octanol–water partition coefficient (Wildman–Crippen LogP) is 3.20. The summed E-state index contributed by atoms with van der Waals surface area (Å²) in [5, 5.41) is 2.42. The number of nitrogens with two attached hydrogens (primary N) is 1. The minimum Gasteiger partial charge on any atom is -0.322 e. The van der Waals surface area contributed by atoms with E-state index in [9.17, 15) is 13.6 Å². The highest BCUT2D eigenvalue weighted by atomic mass is 19.1. The molecule has 0 aromatic heterocycles. The first-order chi connectivity index (χ1) is 9.56. The van der Waals surface area contributed by atoms with Gasteiger partial charge >= 0.3 is 0 Å². The third kappa shape index (κ3) is 4.00. The van der Waals surface area contributed by atoms with Crippen LogP contribution in [0, 0.1) is 17.6 Å². The molecule has 1 saturated carbocycles. The van der Waals surface area contributed by atoms with Gasteiger partial charge in [-0.25, -0.2) is 8.78 Å². The number of carbonyl (C=O) groups is 1. The number of rotatable bonds is 4. The van der Waals surface area contributed by atoms with Gasteiger partial charge in [0.1, 0.15) is 11.6 Å². The molecule has 0 spiro atoms. The molecule has 5 heteroatoms. The van der Waals surface area contributed by atoms with Crippen molar-refractivity contribution in [3.8, 4) is 0 Å². The van der Waals surface area contributed by atoms with Crippen LogP contribution in [0.15, 0.2) is 18.2 Å².